The lowest BCUT2D eigenvalue weighted by Gasteiger charge is -2.32. The van der Waals surface area contributed by atoms with Crippen molar-refractivity contribution in [1.82, 2.24) is 4.57 Å². The van der Waals surface area contributed by atoms with Crippen LogP contribution in [-0.4, -0.2) is 37.8 Å². The van der Waals surface area contributed by atoms with Crippen LogP contribution in [0.2, 0.25) is 0 Å². The van der Waals surface area contributed by atoms with E-state index < -0.39 is 5.97 Å². The lowest BCUT2D eigenvalue weighted by Crippen LogP contribution is -2.36. The van der Waals surface area contributed by atoms with Crippen LogP contribution >= 0.6 is 11.3 Å². The summed E-state index contributed by atoms with van der Waals surface area (Å²) in [5, 5.41) is 0. The first kappa shape index (κ1) is 21.6. The second-order valence-electron chi connectivity index (χ2n) is 7.18. The summed E-state index contributed by atoms with van der Waals surface area (Å²) >= 11 is 1.04. The maximum absolute atomic E-state index is 13.4. The van der Waals surface area contributed by atoms with Crippen LogP contribution in [0.4, 0.5) is 11.5 Å². The second kappa shape index (κ2) is 8.88. The van der Waals surface area contributed by atoms with E-state index in [0.29, 0.717) is 27.9 Å². The van der Waals surface area contributed by atoms with Gasteiger partial charge in [0.1, 0.15) is 23.9 Å². The van der Waals surface area contributed by atoms with Crippen LogP contribution in [0, 0.1) is 0 Å². The van der Waals surface area contributed by atoms with E-state index in [4.69, 9.17) is 14.2 Å². The van der Waals surface area contributed by atoms with Gasteiger partial charge in [0, 0.05) is 18.4 Å². The first-order chi connectivity index (χ1) is 15.5. The summed E-state index contributed by atoms with van der Waals surface area (Å²) < 4.78 is 16.6. The maximum atomic E-state index is 13.4. The van der Waals surface area contributed by atoms with E-state index in [9.17, 15) is 14.4 Å². The number of benzene rings is 2. The topological polar surface area (TPSA) is 87.1 Å². The molecule has 0 bridgehead atoms. The molecular formula is C23H22N2O6S. The summed E-state index contributed by atoms with van der Waals surface area (Å²) in [6, 6.07) is 14.4. The van der Waals surface area contributed by atoms with Crippen molar-refractivity contribution in [2.24, 2.45) is 0 Å². The van der Waals surface area contributed by atoms with Crippen LogP contribution in [0.3, 0.4) is 0 Å². The van der Waals surface area contributed by atoms with Crippen LogP contribution in [0.25, 0.3) is 0 Å². The zero-order valence-corrected chi connectivity index (χ0v) is 18.7. The van der Waals surface area contributed by atoms with Crippen LogP contribution in [0.15, 0.2) is 53.3 Å². The lowest BCUT2D eigenvalue weighted by molar-refractivity contribution is -0.141. The standard InChI is InChI=1S/C23H22N2O6S/c1-29-16-9-7-14(8-10-16)18-12-19(26)25(15-5-4-6-17(11-15)30-2)22-21(18)32-23(28)24(22)13-20(27)31-3/h4-11,18H,12-13H2,1-3H3/t18-/m0/s1. The van der Waals surface area contributed by atoms with Crippen LogP contribution in [0.5, 0.6) is 11.5 Å². The number of carbonyl (C=O) groups excluding carboxylic acids is 2. The van der Waals surface area contributed by atoms with E-state index in [1.165, 1.54) is 16.6 Å². The quantitative estimate of drug-likeness (QED) is 0.531. The number of hydrogen-bond acceptors (Lipinski definition) is 7. The third kappa shape index (κ3) is 3.87. The highest BCUT2D eigenvalue weighted by Crippen LogP contribution is 2.45. The van der Waals surface area contributed by atoms with Crippen LogP contribution in [-0.2, 0) is 20.9 Å². The van der Waals surface area contributed by atoms with E-state index >= 15 is 0 Å². The Hall–Kier alpha value is -3.59. The Morgan fingerprint density at radius 1 is 1.03 bits per heavy atom. The Morgan fingerprint density at radius 3 is 2.41 bits per heavy atom. The van der Waals surface area contributed by atoms with E-state index in [1.807, 2.05) is 24.3 Å². The number of esters is 1. The first-order valence-electron chi connectivity index (χ1n) is 9.88. The van der Waals surface area contributed by atoms with Gasteiger partial charge in [-0.1, -0.05) is 29.5 Å². The average molecular weight is 455 g/mol. The molecule has 1 amide bonds. The van der Waals surface area contributed by atoms with Crippen molar-refractivity contribution in [2.45, 2.75) is 18.9 Å². The van der Waals surface area contributed by atoms with Gasteiger partial charge in [-0.15, -0.1) is 0 Å². The van der Waals surface area contributed by atoms with Gasteiger partial charge in [-0.3, -0.25) is 23.9 Å². The van der Waals surface area contributed by atoms with Crippen molar-refractivity contribution >= 4 is 34.7 Å². The average Bonchev–Trinajstić information content (AvgIpc) is 3.14. The third-order valence-corrected chi connectivity index (χ3v) is 6.48. The summed E-state index contributed by atoms with van der Waals surface area (Å²) in [5.74, 6) is 0.578. The smallest absolute Gasteiger partial charge is 0.325 e. The Bertz CT molecular complexity index is 1210. The third-order valence-electron chi connectivity index (χ3n) is 5.39. The van der Waals surface area contributed by atoms with E-state index in [1.54, 1.807) is 38.5 Å². The summed E-state index contributed by atoms with van der Waals surface area (Å²) in [6.07, 6.45) is 0.175. The molecule has 4 rings (SSSR count). The molecule has 0 saturated carbocycles. The van der Waals surface area contributed by atoms with Gasteiger partial charge in [0.15, 0.2) is 0 Å². The Kier molecular flexibility index (Phi) is 6.00. The van der Waals surface area contributed by atoms with Crippen molar-refractivity contribution in [3.05, 3.63) is 68.6 Å². The van der Waals surface area contributed by atoms with E-state index in [-0.39, 0.29) is 29.7 Å². The molecule has 2 heterocycles. The molecule has 0 saturated heterocycles. The Morgan fingerprint density at radius 2 is 1.75 bits per heavy atom. The molecule has 0 fully saturated rings. The molecule has 1 aliphatic rings. The highest BCUT2D eigenvalue weighted by atomic mass is 32.1. The number of hydrogen-bond donors (Lipinski definition) is 0. The van der Waals surface area contributed by atoms with Crippen molar-refractivity contribution in [2.75, 3.05) is 26.2 Å². The van der Waals surface area contributed by atoms with Crippen molar-refractivity contribution in [3.63, 3.8) is 0 Å². The fourth-order valence-electron chi connectivity index (χ4n) is 3.80. The molecule has 3 aromatic rings. The molecule has 0 N–H and O–H groups in total. The predicted octanol–water partition coefficient (Wildman–Crippen LogP) is 3.30. The lowest BCUT2D eigenvalue weighted by atomic mass is 9.90. The number of fused-ring (bicyclic) bond motifs is 1. The van der Waals surface area contributed by atoms with Gasteiger partial charge < -0.3 is 14.2 Å². The minimum absolute atomic E-state index is 0.175. The van der Waals surface area contributed by atoms with Gasteiger partial charge in [0.25, 0.3) is 0 Å². The van der Waals surface area contributed by atoms with Gasteiger partial charge in [0.05, 0.1) is 31.9 Å². The normalized spacial score (nSPS) is 15.3. The predicted molar refractivity (Wildman–Crippen MR) is 120 cm³/mol. The molecule has 166 valence electrons. The summed E-state index contributed by atoms with van der Waals surface area (Å²) in [6.45, 7) is -0.287. The SMILES string of the molecule is COC(=O)Cn1c2c(sc1=O)[C@H](c1ccc(OC)cc1)CC(=O)N2c1cccc(OC)c1. The minimum Gasteiger partial charge on any atom is -0.497 e. The maximum Gasteiger partial charge on any atom is 0.325 e. The number of methoxy groups -OCH3 is 3. The molecule has 0 radical (unpaired) electrons. The number of amides is 1. The van der Waals surface area contributed by atoms with E-state index in [0.717, 1.165) is 16.9 Å². The van der Waals surface area contributed by atoms with Gasteiger partial charge >= 0.3 is 10.8 Å². The number of aromatic nitrogens is 1. The Balaban J connectivity index is 1.89. The zero-order valence-electron chi connectivity index (χ0n) is 17.9. The van der Waals surface area contributed by atoms with Gasteiger partial charge in [-0.2, -0.15) is 0 Å². The summed E-state index contributed by atoms with van der Waals surface area (Å²) in [4.78, 5) is 40.3. The molecule has 2 aromatic carbocycles. The molecule has 32 heavy (non-hydrogen) atoms. The highest BCUT2D eigenvalue weighted by Gasteiger charge is 2.38. The zero-order chi connectivity index (χ0) is 22.8. The number of anilines is 2. The first-order valence-corrected chi connectivity index (χ1v) is 10.7. The van der Waals surface area contributed by atoms with E-state index in [2.05, 4.69) is 0 Å². The Labute approximate surface area is 188 Å². The van der Waals surface area contributed by atoms with Crippen LogP contribution < -0.4 is 19.2 Å². The molecule has 8 nitrogen and oxygen atoms in total. The van der Waals surface area contributed by atoms with Crippen molar-refractivity contribution in [3.8, 4) is 11.5 Å². The van der Waals surface area contributed by atoms with Gasteiger partial charge in [-0.05, 0) is 29.8 Å². The number of ether oxygens (including phenoxy) is 3. The molecular weight excluding hydrogens is 432 g/mol. The summed E-state index contributed by atoms with van der Waals surface area (Å²) in [5.41, 5.74) is 1.44. The fourth-order valence-corrected chi connectivity index (χ4v) is 4.91. The number of carbonyl (C=O) groups is 2. The van der Waals surface area contributed by atoms with Crippen molar-refractivity contribution < 1.29 is 23.8 Å². The molecule has 1 aliphatic heterocycles. The molecule has 0 unspecified atom stereocenters. The number of thiazole rings is 1. The van der Waals surface area contributed by atoms with Gasteiger partial charge in [0.2, 0.25) is 5.91 Å². The van der Waals surface area contributed by atoms with Crippen LogP contribution in [0.1, 0.15) is 22.8 Å². The molecule has 1 atom stereocenters. The van der Waals surface area contributed by atoms with Crippen molar-refractivity contribution in [1.29, 1.82) is 0 Å². The molecule has 0 spiro atoms. The number of rotatable bonds is 6. The largest absolute Gasteiger partial charge is 0.497 e. The summed E-state index contributed by atoms with van der Waals surface area (Å²) in [7, 11) is 4.39. The molecule has 0 aliphatic carbocycles. The molecule has 9 heteroatoms. The minimum atomic E-state index is -0.572. The van der Waals surface area contributed by atoms with Gasteiger partial charge in [-0.25, -0.2) is 0 Å². The fraction of sp³-hybridized carbons (Fsp3) is 0.261. The monoisotopic (exact) mass is 454 g/mol. The highest BCUT2D eigenvalue weighted by molar-refractivity contribution is 7.10. The number of nitrogens with zero attached hydrogens (tertiary/aromatic N) is 2. The second-order valence-corrected chi connectivity index (χ2v) is 8.17. The molecule has 1 aromatic heterocycles.